The monoisotopic (exact) mass is 282 g/mol. The minimum Gasteiger partial charge on any atom is -0.322 e. The number of rotatable bonds is 4. The first kappa shape index (κ1) is 15.4. The molecule has 0 bridgehead atoms. The topological polar surface area (TPSA) is 29.3 Å². The lowest BCUT2D eigenvalue weighted by molar-refractivity contribution is 0.0970. The molecule has 0 amide bonds. The third-order valence-electron chi connectivity index (χ3n) is 4.84. The molecule has 0 radical (unpaired) electrons. The summed E-state index contributed by atoms with van der Waals surface area (Å²) in [5.74, 6) is -1.05. The van der Waals surface area contributed by atoms with E-state index in [2.05, 4.69) is 4.90 Å². The van der Waals surface area contributed by atoms with Crippen LogP contribution in [0, 0.1) is 18.6 Å². The van der Waals surface area contributed by atoms with E-state index in [1.165, 1.54) is 12.1 Å². The minimum absolute atomic E-state index is 0.0289. The Morgan fingerprint density at radius 2 is 1.90 bits per heavy atom. The van der Waals surface area contributed by atoms with E-state index in [0.717, 1.165) is 32.4 Å². The van der Waals surface area contributed by atoms with E-state index in [1.54, 1.807) is 6.92 Å². The number of benzene rings is 1. The molecule has 0 aliphatic carbocycles. The zero-order valence-electron chi connectivity index (χ0n) is 12.5. The number of hydrogen-bond donors (Lipinski definition) is 1. The Balaban J connectivity index is 2.43. The van der Waals surface area contributed by atoms with Gasteiger partial charge in [0.05, 0.1) is 6.04 Å². The van der Waals surface area contributed by atoms with Crippen LogP contribution in [-0.2, 0) is 0 Å². The Kier molecular flexibility index (Phi) is 4.45. The summed E-state index contributed by atoms with van der Waals surface area (Å²) in [5, 5.41) is 0. The average Bonchev–Trinajstić information content (AvgIpc) is 2.97. The summed E-state index contributed by atoms with van der Waals surface area (Å²) in [7, 11) is 0. The van der Waals surface area contributed by atoms with Gasteiger partial charge in [0, 0.05) is 11.1 Å². The molecule has 1 saturated heterocycles. The fraction of sp³-hybridized carbons (Fsp3) is 0.625. The molecule has 4 heteroatoms. The van der Waals surface area contributed by atoms with Crippen LogP contribution < -0.4 is 5.73 Å². The smallest absolute Gasteiger partial charge is 0.133 e. The summed E-state index contributed by atoms with van der Waals surface area (Å²) < 4.78 is 28.4. The van der Waals surface area contributed by atoms with Crippen LogP contribution in [0.2, 0.25) is 0 Å². The molecule has 1 fully saturated rings. The molecule has 2 atom stereocenters. The molecule has 2 rings (SSSR count). The quantitative estimate of drug-likeness (QED) is 0.915. The molecule has 2 N–H and O–H groups in total. The number of aryl methyl sites for hydroxylation is 1. The predicted octanol–water partition coefficient (Wildman–Crippen LogP) is 3.54. The molecule has 2 unspecified atom stereocenters. The number of halogens is 2. The molecule has 0 saturated carbocycles. The highest BCUT2D eigenvalue weighted by atomic mass is 19.1. The maximum atomic E-state index is 14.3. The molecule has 20 heavy (non-hydrogen) atoms. The van der Waals surface area contributed by atoms with Crippen LogP contribution in [0.4, 0.5) is 8.78 Å². The highest BCUT2D eigenvalue weighted by Gasteiger charge is 2.40. The summed E-state index contributed by atoms with van der Waals surface area (Å²) in [6, 6.07) is 2.11. The standard InChI is InChI=1S/C16H24F2N2/c1-4-16(3,20-9-5-6-10-20)15(19)13-12(17)8-7-11(2)14(13)18/h7-8,15H,4-6,9-10,19H2,1-3H3. The zero-order chi connectivity index (χ0) is 14.9. The van der Waals surface area contributed by atoms with E-state index >= 15 is 0 Å². The molecule has 0 spiro atoms. The third-order valence-corrected chi connectivity index (χ3v) is 4.84. The van der Waals surface area contributed by atoms with Crippen LogP contribution in [0.5, 0.6) is 0 Å². The van der Waals surface area contributed by atoms with Crippen molar-refractivity contribution in [2.75, 3.05) is 13.1 Å². The predicted molar refractivity (Wildman–Crippen MR) is 77.5 cm³/mol. The fourth-order valence-corrected chi connectivity index (χ4v) is 3.14. The van der Waals surface area contributed by atoms with Crippen LogP contribution >= 0.6 is 0 Å². The zero-order valence-corrected chi connectivity index (χ0v) is 12.5. The van der Waals surface area contributed by atoms with Crippen molar-refractivity contribution >= 4 is 0 Å². The van der Waals surface area contributed by atoms with E-state index in [-0.39, 0.29) is 5.56 Å². The summed E-state index contributed by atoms with van der Waals surface area (Å²) in [6.45, 7) is 7.60. The van der Waals surface area contributed by atoms with Crippen LogP contribution in [-0.4, -0.2) is 23.5 Å². The maximum Gasteiger partial charge on any atom is 0.133 e. The van der Waals surface area contributed by atoms with Gasteiger partial charge < -0.3 is 5.73 Å². The molecule has 1 aliphatic heterocycles. The Morgan fingerprint density at radius 3 is 2.45 bits per heavy atom. The Morgan fingerprint density at radius 1 is 1.30 bits per heavy atom. The van der Waals surface area contributed by atoms with Gasteiger partial charge >= 0.3 is 0 Å². The Hall–Kier alpha value is -1.00. The van der Waals surface area contributed by atoms with E-state index in [9.17, 15) is 8.78 Å². The van der Waals surface area contributed by atoms with Crippen LogP contribution in [0.25, 0.3) is 0 Å². The van der Waals surface area contributed by atoms with E-state index in [1.807, 2.05) is 13.8 Å². The summed E-state index contributed by atoms with van der Waals surface area (Å²) in [6.07, 6.45) is 3.02. The van der Waals surface area contributed by atoms with Crippen LogP contribution in [0.3, 0.4) is 0 Å². The Bertz CT molecular complexity index is 484. The second-order valence-corrected chi connectivity index (χ2v) is 5.97. The first-order valence-electron chi connectivity index (χ1n) is 7.37. The van der Waals surface area contributed by atoms with Gasteiger partial charge in [-0.25, -0.2) is 8.78 Å². The van der Waals surface area contributed by atoms with Crippen molar-refractivity contribution in [1.82, 2.24) is 4.90 Å². The highest BCUT2D eigenvalue weighted by molar-refractivity contribution is 5.31. The van der Waals surface area contributed by atoms with Gasteiger partial charge in [-0.2, -0.15) is 0 Å². The summed E-state index contributed by atoms with van der Waals surface area (Å²) in [5.41, 5.74) is 6.37. The third kappa shape index (κ3) is 2.47. The van der Waals surface area contributed by atoms with Gasteiger partial charge in [-0.1, -0.05) is 13.0 Å². The van der Waals surface area contributed by atoms with Crippen molar-refractivity contribution < 1.29 is 8.78 Å². The van der Waals surface area contributed by atoms with Crippen molar-refractivity contribution in [2.24, 2.45) is 5.73 Å². The lowest BCUT2D eigenvalue weighted by Crippen LogP contribution is -2.52. The lowest BCUT2D eigenvalue weighted by Gasteiger charge is -2.43. The van der Waals surface area contributed by atoms with Crippen molar-refractivity contribution in [1.29, 1.82) is 0 Å². The van der Waals surface area contributed by atoms with Crippen LogP contribution in [0.1, 0.15) is 50.3 Å². The molecule has 112 valence electrons. The fourth-order valence-electron chi connectivity index (χ4n) is 3.14. The van der Waals surface area contributed by atoms with Crippen molar-refractivity contribution in [3.63, 3.8) is 0 Å². The van der Waals surface area contributed by atoms with Gasteiger partial charge in [0.25, 0.3) is 0 Å². The van der Waals surface area contributed by atoms with Gasteiger partial charge in [-0.15, -0.1) is 0 Å². The second kappa shape index (κ2) is 5.78. The molecular weight excluding hydrogens is 258 g/mol. The van der Waals surface area contributed by atoms with E-state index < -0.39 is 23.2 Å². The Labute approximate surface area is 120 Å². The summed E-state index contributed by atoms with van der Waals surface area (Å²) >= 11 is 0. The molecular formula is C16H24F2N2. The molecule has 1 aliphatic rings. The number of nitrogens with zero attached hydrogens (tertiary/aromatic N) is 1. The normalized spacial score (nSPS) is 20.9. The first-order valence-corrected chi connectivity index (χ1v) is 7.37. The van der Waals surface area contributed by atoms with E-state index in [0.29, 0.717) is 5.56 Å². The number of likely N-dealkylation sites (tertiary alicyclic amines) is 1. The maximum absolute atomic E-state index is 14.3. The van der Waals surface area contributed by atoms with Crippen LogP contribution in [0.15, 0.2) is 12.1 Å². The van der Waals surface area contributed by atoms with Gasteiger partial charge in [0.2, 0.25) is 0 Å². The van der Waals surface area contributed by atoms with Crippen molar-refractivity contribution in [2.45, 2.75) is 51.6 Å². The van der Waals surface area contributed by atoms with Crippen molar-refractivity contribution in [3.8, 4) is 0 Å². The SMILES string of the molecule is CCC(C)(C(N)c1c(F)ccc(C)c1F)N1CCCC1. The summed E-state index contributed by atoms with van der Waals surface area (Å²) in [4.78, 5) is 2.28. The largest absolute Gasteiger partial charge is 0.322 e. The minimum atomic E-state index is -0.662. The van der Waals surface area contributed by atoms with Gasteiger partial charge in [-0.3, -0.25) is 4.90 Å². The molecule has 0 aromatic heterocycles. The van der Waals surface area contributed by atoms with Gasteiger partial charge in [-0.05, 0) is 57.8 Å². The number of hydrogen-bond acceptors (Lipinski definition) is 2. The van der Waals surface area contributed by atoms with Gasteiger partial charge in [0.15, 0.2) is 0 Å². The number of nitrogens with two attached hydrogens (primary N) is 1. The van der Waals surface area contributed by atoms with Gasteiger partial charge in [0.1, 0.15) is 11.6 Å². The van der Waals surface area contributed by atoms with E-state index in [4.69, 9.17) is 5.73 Å². The molecule has 1 heterocycles. The highest BCUT2D eigenvalue weighted by Crippen LogP contribution is 2.37. The first-order chi connectivity index (χ1) is 9.41. The molecule has 1 aromatic rings. The average molecular weight is 282 g/mol. The second-order valence-electron chi connectivity index (χ2n) is 5.97. The molecule has 2 nitrogen and oxygen atoms in total. The molecule has 1 aromatic carbocycles. The lowest BCUT2D eigenvalue weighted by atomic mass is 9.82. The van der Waals surface area contributed by atoms with Crippen molar-refractivity contribution in [3.05, 3.63) is 34.9 Å².